The lowest BCUT2D eigenvalue weighted by atomic mass is 9.58. The summed E-state index contributed by atoms with van der Waals surface area (Å²) in [7, 11) is 0. The van der Waals surface area contributed by atoms with E-state index in [1.807, 2.05) is 38.1 Å². The van der Waals surface area contributed by atoms with Crippen LogP contribution in [0.25, 0.3) is 0 Å². The normalized spacial score (nSPS) is 41.1. The van der Waals surface area contributed by atoms with E-state index >= 15 is 0 Å². The Morgan fingerprint density at radius 2 is 1.83 bits per heavy atom. The topological polar surface area (TPSA) is 81.7 Å². The van der Waals surface area contributed by atoms with Gasteiger partial charge in [0.1, 0.15) is 5.75 Å². The molecule has 5 aliphatic rings. The summed E-state index contributed by atoms with van der Waals surface area (Å²) >= 11 is 0. The molecule has 1 aliphatic carbocycles. The maximum Gasteiger partial charge on any atom is 0.347 e. The molecule has 5 fully saturated rings. The first-order chi connectivity index (χ1) is 17.2. The van der Waals surface area contributed by atoms with E-state index in [0.717, 1.165) is 31.2 Å². The highest BCUT2D eigenvalue weighted by Crippen LogP contribution is 2.60. The van der Waals surface area contributed by atoms with Crippen molar-refractivity contribution in [1.29, 1.82) is 0 Å². The molecule has 1 saturated carbocycles. The Morgan fingerprint density at radius 1 is 1.08 bits per heavy atom. The first-order valence-corrected chi connectivity index (χ1v) is 13.5. The summed E-state index contributed by atoms with van der Waals surface area (Å²) in [6.45, 7) is 12.2. The van der Waals surface area contributed by atoms with E-state index in [1.165, 1.54) is 0 Å². The predicted octanol–water partition coefficient (Wildman–Crippen LogP) is 5.30. The van der Waals surface area contributed by atoms with Gasteiger partial charge in [0, 0.05) is 18.3 Å². The lowest BCUT2D eigenvalue weighted by Gasteiger charge is -2.60. The number of fused-ring (bicyclic) bond motifs is 2. The molecule has 36 heavy (non-hydrogen) atoms. The minimum absolute atomic E-state index is 0.112. The van der Waals surface area contributed by atoms with Crippen LogP contribution < -0.4 is 4.74 Å². The van der Waals surface area contributed by atoms with E-state index in [4.69, 9.17) is 33.5 Å². The molecular formula is C28H40O8. The van der Waals surface area contributed by atoms with Crippen molar-refractivity contribution in [1.82, 2.24) is 0 Å². The molecule has 1 spiro atoms. The molecule has 4 saturated heterocycles. The molecule has 200 valence electrons. The van der Waals surface area contributed by atoms with Gasteiger partial charge >= 0.3 is 5.97 Å². The molecule has 8 heteroatoms. The Balaban J connectivity index is 1.29. The van der Waals surface area contributed by atoms with E-state index in [2.05, 4.69) is 13.8 Å². The van der Waals surface area contributed by atoms with Gasteiger partial charge < -0.3 is 23.7 Å². The van der Waals surface area contributed by atoms with E-state index in [1.54, 1.807) is 13.8 Å². The molecular weight excluding hydrogens is 464 g/mol. The minimum Gasteiger partial charge on any atom is -0.479 e. The fourth-order valence-electron chi connectivity index (χ4n) is 6.64. The molecule has 8 nitrogen and oxygen atoms in total. The first-order valence-electron chi connectivity index (χ1n) is 13.5. The summed E-state index contributed by atoms with van der Waals surface area (Å²) in [6.07, 6.45) is 2.15. The van der Waals surface area contributed by atoms with E-state index in [0.29, 0.717) is 24.2 Å². The van der Waals surface area contributed by atoms with E-state index in [9.17, 15) is 4.79 Å². The number of hydrogen-bond acceptors (Lipinski definition) is 8. The number of hydrogen-bond donors (Lipinski definition) is 0. The van der Waals surface area contributed by atoms with Gasteiger partial charge in [-0.2, -0.15) is 0 Å². The van der Waals surface area contributed by atoms with Gasteiger partial charge in [-0.3, -0.25) is 0 Å². The summed E-state index contributed by atoms with van der Waals surface area (Å²) in [5.41, 5.74) is 0.400. The molecule has 0 amide bonds. The van der Waals surface area contributed by atoms with E-state index in [-0.39, 0.29) is 23.9 Å². The third-order valence-electron chi connectivity index (χ3n) is 8.72. The SMILES string of the molecule is CCOC(=O)C(C)Oc1ccc(C(C)O[C@H]2OC3O[C@@]4(C)CCC5[C@H](C)CCC([C@H]2C)[C@@]35OO4)cc1. The molecule has 4 heterocycles. The summed E-state index contributed by atoms with van der Waals surface area (Å²) in [5, 5.41) is 0. The Hall–Kier alpha value is -1.71. The average molecular weight is 505 g/mol. The second kappa shape index (κ2) is 9.87. The van der Waals surface area contributed by atoms with Gasteiger partial charge in [-0.05, 0) is 76.5 Å². The fraction of sp³-hybridized carbons (Fsp3) is 0.750. The van der Waals surface area contributed by atoms with Crippen LogP contribution in [0, 0.1) is 23.7 Å². The van der Waals surface area contributed by atoms with Crippen LogP contribution in [0.2, 0.25) is 0 Å². The van der Waals surface area contributed by atoms with Crippen LogP contribution in [0.1, 0.15) is 78.9 Å². The zero-order valence-electron chi connectivity index (χ0n) is 22.2. The van der Waals surface area contributed by atoms with Crippen LogP contribution in [0.3, 0.4) is 0 Å². The lowest BCUT2D eigenvalue weighted by Crippen LogP contribution is -2.70. The zero-order valence-corrected chi connectivity index (χ0v) is 22.2. The van der Waals surface area contributed by atoms with Crippen LogP contribution in [0.15, 0.2) is 24.3 Å². The molecule has 0 aromatic heterocycles. The van der Waals surface area contributed by atoms with Crippen LogP contribution in [0.4, 0.5) is 0 Å². The number of rotatable bonds is 7. The van der Waals surface area contributed by atoms with Crippen LogP contribution >= 0.6 is 0 Å². The molecule has 2 bridgehead atoms. The van der Waals surface area contributed by atoms with Crippen molar-refractivity contribution in [2.45, 2.75) is 103 Å². The van der Waals surface area contributed by atoms with Gasteiger partial charge in [-0.15, -0.1) is 0 Å². The van der Waals surface area contributed by atoms with Crippen LogP contribution in [0.5, 0.6) is 5.75 Å². The average Bonchev–Trinajstić information content (AvgIpc) is 3.08. The second-order valence-electron chi connectivity index (χ2n) is 11.1. The Bertz CT molecular complexity index is 936. The van der Waals surface area contributed by atoms with E-state index < -0.39 is 30.1 Å². The van der Waals surface area contributed by atoms with Gasteiger partial charge in [0.2, 0.25) is 5.79 Å². The van der Waals surface area contributed by atoms with Crippen molar-refractivity contribution in [3.8, 4) is 5.75 Å². The molecule has 5 unspecified atom stereocenters. The smallest absolute Gasteiger partial charge is 0.347 e. The Labute approximate surface area is 213 Å². The van der Waals surface area contributed by atoms with Crippen molar-refractivity contribution < 1.29 is 38.3 Å². The van der Waals surface area contributed by atoms with Gasteiger partial charge in [0.25, 0.3) is 0 Å². The minimum atomic E-state index is -0.801. The molecule has 6 rings (SSSR count). The number of ether oxygens (including phenoxy) is 5. The van der Waals surface area contributed by atoms with Crippen LogP contribution in [-0.2, 0) is 33.5 Å². The van der Waals surface area contributed by atoms with Gasteiger partial charge in [-0.1, -0.05) is 26.0 Å². The molecule has 4 aliphatic heterocycles. The highest BCUT2D eigenvalue weighted by atomic mass is 17.3. The summed E-state index contributed by atoms with van der Waals surface area (Å²) in [6, 6.07) is 7.59. The Kier molecular flexibility index (Phi) is 7.11. The van der Waals surface area contributed by atoms with Crippen molar-refractivity contribution >= 4 is 5.97 Å². The van der Waals surface area contributed by atoms with Crippen molar-refractivity contribution in [3.63, 3.8) is 0 Å². The Morgan fingerprint density at radius 3 is 2.56 bits per heavy atom. The quantitative estimate of drug-likeness (QED) is 0.365. The number of esters is 1. The van der Waals surface area contributed by atoms with Crippen molar-refractivity contribution in [3.05, 3.63) is 29.8 Å². The van der Waals surface area contributed by atoms with Gasteiger partial charge in [0.15, 0.2) is 24.3 Å². The van der Waals surface area contributed by atoms with Gasteiger partial charge in [-0.25, -0.2) is 14.6 Å². The summed E-state index contributed by atoms with van der Waals surface area (Å²) < 4.78 is 30.2. The third-order valence-corrected chi connectivity index (χ3v) is 8.72. The summed E-state index contributed by atoms with van der Waals surface area (Å²) in [4.78, 5) is 24.0. The lowest BCUT2D eigenvalue weighted by molar-refractivity contribution is -0.578. The number of carbonyl (C=O) groups excluding carboxylic acids is 1. The van der Waals surface area contributed by atoms with Crippen molar-refractivity contribution in [2.24, 2.45) is 23.7 Å². The fourth-order valence-corrected chi connectivity index (χ4v) is 6.64. The second-order valence-corrected chi connectivity index (χ2v) is 11.1. The molecule has 1 aromatic rings. The number of benzene rings is 1. The highest BCUT2D eigenvalue weighted by Gasteiger charge is 2.69. The molecule has 1 aromatic carbocycles. The van der Waals surface area contributed by atoms with Crippen molar-refractivity contribution in [2.75, 3.05) is 6.61 Å². The standard InChI is InChI=1S/C28H40O8/c1-7-30-24(29)19(5)31-21-11-9-20(10-12-21)18(4)32-25-17(3)23-13-8-16(2)22-14-15-27(6)34-26(33-25)28(22,23)36-35-27/h9-12,16-19,22-23,25-26H,7-8,13-15H2,1-6H3/t16-,17-,18?,19?,22?,23?,25+,26?,27-,28-/m1/s1. The largest absolute Gasteiger partial charge is 0.479 e. The molecule has 0 radical (unpaired) electrons. The maximum absolute atomic E-state index is 11.8. The molecule has 10 atom stereocenters. The zero-order chi connectivity index (χ0) is 25.7. The first kappa shape index (κ1) is 25.9. The van der Waals surface area contributed by atoms with Crippen LogP contribution in [-0.4, -0.2) is 42.6 Å². The predicted molar refractivity (Wildman–Crippen MR) is 129 cm³/mol. The maximum atomic E-state index is 11.8. The molecule has 0 N–H and O–H groups in total. The highest BCUT2D eigenvalue weighted by molar-refractivity contribution is 5.74. The monoisotopic (exact) mass is 504 g/mol. The van der Waals surface area contributed by atoms with Gasteiger partial charge in [0.05, 0.1) is 12.7 Å². The summed E-state index contributed by atoms with van der Waals surface area (Å²) in [5.74, 6) is 0.610. The number of carbonyl (C=O) groups is 1. The third kappa shape index (κ3) is 4.45.